The van der Waals surface area contributed by atoms with Crippen LogP contribution in [0.3, 0.4) is 0 Å². The molecule has 2 aliphatic rings. The second-order valence-corrected chi connectivity index (χ2v) is 8.72. The number of rotatable bonds is 5. The molecule has 2 aromatic rings. The number of fused-ring (bicyclic) bond motifs is 1. The predicted molar refractivity (Wildman–Crippen MR) is 119 cm³/mol. The first kappa shape index (κ1) is 23.6. The van der Waals surface area contributed by atoms with E-state index in [0.29, 0.717) is 24.4 Å². The third kappa shape index (κ3) is 6.26. The van der Waals surface area contributed by atoms with E-state index in [0.717, 1.165) is 5.56 Å². The standard InChI is InChI=1S/C23H27ClN4O5/c24-16-3-1-15(2-4-16)10-27-22(30)9-18-5-6-20-21(33-18)14-32-13-17(29)12-28(20)23(31)19-11-25-7-8-26-19/h1-4,7-8,11,17-18,20-21,29H,5-6,9-10,12-14H2,(H,27,30)/t17-,18-,20+,21-/m1/s1. The molecule has 0 radical (unpaired) electrons. The Morgan fingerprint density at radius 2 is 2.00 bits per heavy atom. The molecule has 2 saturated heterocycles. The van der Waals surface area contributed by atoms with Gasteiger partial charge in [-0.1, -0.05) is 23.7 Å². The van der Waals surface area contributed by atoms with E-state index in [1.807, 2.05) is 12.1 Å². The van der Waals surface area contributed by atoms with Gasteiger partial charge in [-0.3, -0.25) is 14.6 Å². The van der Waals surface area contributed by atoms with Crippen LogP contribution in [0.15, 0.2) is 42.9 Å². The number of aliphatic hydroxyl groups is 1. The largest absolute Gasteiger partial charge is 0.389 e. The number of nitrogens with zero attached hydrogens (tertiary/aromatic N) is 3. The van der Waals surface area contributed by atoms with Gasteiger partial charge in [0.15, 0.2) is 0 Å². The summed E-state index contributed by atoms with van der Waals surface area (Å²) in [5.41, 5.74) is 1.18. The average molecular weight is 475 g/mol. The first-order valence-corrected chi connectivity index (χ1v) is 11.4. The zero-order valence-corrected chi connectivity index (χ0v) is 18.9. The number of β-amino-alcohol motifs (C(OH)–C–C–N with tert-alkyl or cyclic N) is 1. The van der Waals surface area contributed by atoms with Crippen LogP contribution in [-0.2, 0) is 20.8 Å². The van der Waals surface area contributed by atoms with Crippen molar-refractivity contribution in [3.8, 4) is 0 Å². The van der Waals surface area contributed by atoms with Crippen molar-refractivity contribution < 1.29 is 24.2 Å². The minimum Gasteiger partial charge on any atom is -0.389 e. The van der Waals surface area contributed by atoms with E-state index in [2.05, 4.69) is 15.3 Å². The molecule has 9 nitrogen and oxygen atoms in total. The van der Waals surface area contributed by atoms with Crippen LogP contribution in [0.5, 0.6) is 0 Å². The fourth-order valence-electron chi connectivity index (χ4n) is 4.21. The SMILES string of the molecule is O=C(C[C@H]1CC[C@H]2[C@@H](COC[C@H](O)CN2C(=O)c2cnccn2)O1)NCc1ccc(Cl)cc1. The predicted octanol–water partition coefficient (Wildman–Crippen LogP) is 1.59. The van der Waals surface area contributed by atoms with E-state index >= 15 is 0 Å². The Kier molecular flexibility index (Phi) is 7.87. The van der Waals surface area contributed by atoms with Crippen molar-refractivity contribution in [2.45, 2.75) is 50.2 Å². The van der Waals surface area contributed by atoms with Crippen molar-refractivity contribution >= 4 is 23.4 Å². The highest BCUT2D eigenvalue weighted by molar-refractivity contribution is 6.30. The van der Waals surface area contributed by atoms with E-state index in [4.69, 9.17) is 21.1 Å². The lowest BCUT2D eigenvalue weighted by Crippen LogP contribution is -2.57. The second kappa shape index (κ2) is 11.0. The first-order valence-electron chi connectivity index (χ1n) is 11.0. The van der Waals surface area contributed by atoms with Gasteiger partial charge in [-0.15, -0.1) is 0 Å². The average Bonchev–Trinajstić information content (AvgIpc) is 2.82. The van der Waals surface area contributed by atoms with Gasteiger partial charge in [0.05, 0.1) is 44.1 Å². The number of halogens is 1. The molecule has 1 aromatic carbocycles. The maximum atomic E-state index is 13.1. The molecule has 176 valence electrons. The quantitative estimate of drug-likeness (QED) is 0.676. The molecule has 33 heavy (non-hydrogen) atoms. The summed E-state index contributed by atoms with van der Waals surface area (Å²) in [5, 5.41) is 13.8. The smallest absolute Gasteiger partial charge is 0.274 e. The molecule has 2 N–H and O–H groups in total. The highest BCUT2D eigenvalue weighted by Crippen LogP contribution is 2.28. The molecule has 10 heteroatoms. The van der Waals surface area contributed by atoms with Crippen LogP contribution >= 0.6 is 11.6 Å². The van der Waals surface area contributed by atoms with Gasteiger partial charge in [-0.05, 0) is 30.5 Å². The molecule has 2 amide bonds. The van der Waals surface area contributed by atoms with Gasteiger partial charge in [0.2, 0.25) is 5.91 Å². The molecule has 2 aliphatic heterocycles. The summed E-state index contributed by atoms with van der Waals surface area (Å²) < 4.78 is 11.8. The third-order valence-electron chi connectivity index (χ3n) is 5.84. The van der Waals surface area contributed by atoms with E-state index in [1.165, 1.54) is 18.6 Å². The summed E-state index contributed by atoms with van der Waals surface area (Å²) in [6.45, 7) is 0.861. The molecule has 0 spiro atoms. The number of ether oxygens (including phenoxy) is 2. The van der Waals surface area contributed by atoms with Gasteiger partial charge in [0.1, 0.15) is 11.8 Å². The maximum Gasteiger partial charge on any atom is 0.274 e. The fraction of sp³-hybridized carbons (Fsp3) is 0.478. The molecule has 0 aliphatic carbocycles. The van der Waals surface area contributed by atoms with Gasteiger partial charge in [-0.2, -0.15) is 0 Å². The molecule has 2 fully saturated rings. The number of hydrogen-bond acceptors (Lipinski definition) is 7. The second-order valence-electron chi connectivity index (χ2n) is 8.29. The monoisotopic (exact) mass is 474 g/mol. The van der Waals surface area contributed by atoms with E-state index in [1.54, 1.807) is 17.0 Å². The Labute approximate surface area is 197 Å². The lowest BCUT2D eigenvalue weighted by molar-refractivity contribution is -0.151. The Balaban J connectivity index is 1.37. The number of hydrogen-bond donors (Lipinski definition) is 2. The summed E-state index contributed by atoms with van der Waals surface area (Å²) in [5.74, 6) is -0.412. The van der Waals surface area contributed by atoms with Crippen molar-refractivity contribution in [3.05, 3.63) is 59.1 Å². The lowest BCUT2D eigenvalue weighted by Gasteiger charge is -2.44. The zero-order chi connectivity index (χ0) is 23.2. The van der Waals surface area contributed by atoms with Gasteiger partial charge < -0.3 is 24.8 Å². The lowest BCUT2D eigenvalue weighted by atomic mass is 9.94. The van der Waals surface area contributed by atoms with Gasteiger partial charge in [0, 0.05) is 30.5 Å². The van der Waals surface area contributed by atoms with Crippen LogP contribution in [0.2, 0.25) is 5.02 Å². The number of amides is 2. The Hall–Kier alpha value is -2.59. The van der Waals surface area contributed by atoms with Crippen molar-refractivity contribution in [3.63, 3.8) is 0 Å². The summed E-state index contributed by atoms with van der Waals surface area (Å²) in [6, 6.07) is 7.02. The number of benzene rings is 1. The number of carbonyl (C=O) groups excluding carboxylic acids is 2. The van der Waals surface area contributed by atoms with E-state index < -0.39 is 12.2 Å². The van der Waals surface area contributed by atoms with Crippen LogP contribution in [-0.4, -0.2) is 75.9 Å². The van der Waals surface area contributed by atoms with Crippen LogP contribution in [0.4, 0.5) is 0 Å². The Morgan fingerprint density at radius 1 is 1.18 bits per heavy atom. The molecular formula is C23H27ClN4O5. The van der Waals surface area contributed by atoms with E-state index in [9.17, 15) is 14.7 Å². The molecule has 4 rings (SSSR count). The summed E-state index contributed by atoms with van der Waals surface area (Å²) in [4.78, 5) is 35.3. The van der Waals surface area contributed by atoms with Crippen LogP contribution in [0.1, 0.15) is 35.3 Å². The molecule has 0 bridgehead atoms. The van der Waals surface area contributed by atoms with Crippen molar-refractivity contribution in [1.29, 1.82) is 0 Å². The molecule has 0 saturated carbocycles. The Morgan fingerprint density at radius 3 is 2.76 bits per heavy atom. The maximum absolute atomic E-state index is 13.1. The number of aliphatic hydroxyl groups excluding tert-OH is 1. The zero-order valence-electron chi connectivity index (χ0n) is 18.1. The highest BCUT2D eigenvalue weighted by Gasteiger charge is 2.40. The van der Waals surface area contributed by atoms with Crippen LogP contribution in [0, 0.1) is 0 Å². The number of nitrogens with one attached hydrogen (secondary N) is 1. The van der Waals surface area contributed by atoms with E-state index in [-0.39, 0.29) is 55.8 Å². The van der Waals surface area contributed by atoms with Crippen LogP contribution < -0.4 is 5.32 Å². The van der Waals surface area contributed by atoms with Crippen molar-refractivity contribution in [2.24, 2.45) is 0 Å². The number of aromatic nitrogens is 2. The molecule has 0 unspecified atom stereocenters. The molecule has 3 heterocycles. The summed E-state index contributed by atoms with van der Waals surface area (Å²) in [6.07, 6.45) is 4.35. The van der Waals surface area contributed by atoms with Crippen molar-refractivity contribution in [2.75, 3.05) is 19.8 Å². The molecule has 4 atom stereocenters. The molecular weight excluding hydrogens is 448 g/mol. The number of carbonyl (C=O) groups is 2. The normalized spacial score (nSPS) is 25.5. The fourth-order valence-corrected chi connectivity index (χ4v) is 4.34. The topological polar surface area (TPSA) is 114 Å². The van der Waals surface area contributed by atoms with Gasteiger partial charge >= 0.3 is 0 Å². The highest BCUT2D eigenvalue weighted by atomic mass is 35.5. The van der Waals surface area contributed by atoms with Gasteiger partial charge in [-0.25, -0.2) is 4.98 Å². The third-order valence-corrected chi connectivity index (χ3v) is 6.09. The minimum atomic E-state index is -0.803. The summed E-state index contributed by atoms with van der Waals surface area (Å²) in [7, 11) is 0. The first-order chi connectivity index (χ1) is 16.0. The van der Waals surface area contributed by atoms with Crippen molar-refractivity contribution in [1.82, 2.24) is 20.2 Å². The molecule has 1 aromatic heterocycles. The summed E-state index contributed by atoms with van der Waals surface area (Å²) >= 11 is 5.89. The minimum absolute atomic E-state index is 0.100. The van der Waals surface area contributed by atoms with Gasteiger partial charge in [0.25, 0.3) is 5.91 Å². The Bertz CT molecular complexity index is 946. The van der Waals surface area contributed by atoms with Crippen LogP contribution in [0.25, 0.3) is 0 Å².